The van der Waals surface area contributed by atoms with E-state index in [1.54, 1.807) is 30.3 Å². The molecule has 0 amide bonds. The first-order chi connectivity index (χ1) is 16.8. The molecule has 0 aliphatic rings. The molecule has 0 aliphatic heterocycles. The highest BCUT2D eigenvalue weighted by atomic mass is 32.2. The average molecular weight is 517 g/mol. The van der Waals surface area contributed by atoms with Crippen LogP contribution in [0.15, 0.2) is 64.9 Å². The quantitative estimate of drug-likeness (QED) is 0.300. The van der Waals surface area contributed by atoms with Crippen molar-refractivity contribution in [1.29, 1.82) is 0 Å². The molecule has 0 aromatic heterocycles. The lowest BCUT2D eigenvalue weighted by Gasteiger charge is -2.13. The molecular weight excluding hydrogens is 488 g/mol. The Morgan fingerprint density at radius 1 is 0.771 bits per heavy atom. The molecule has 0 fully saturated rings. The minimum absolute atomic E-state index is 0.222. The van der Waals surface area contributed by atoms with Crippen LogP contribution in [0, 0.1) is 6.92 Å². The number of methoxy groups -OCH3 is 4. The summed E-state index contributed by atoms with van der Waals surface area (Å²) in [5.41, 5.74) is 2.20. The van der Waals surface area contributed by atoms with Crippen LogP contribution < -0.4 is 23.1 Å². The lowest BCUT2D eigenvalue weighted by Crippen LogP contribution is -2.01. The van der Waals surface area contributed by atoms with Crippen LogP contribution in [-0.4, -0.2) is 36.9 Å². The summed E-state index contributed by atoms with van der Waals surface area (Å²) in [6.07, 6.45) is 1.46. The van der Waals surface area contributed by atoms with Gasteiger partial charge in [0.1, 0.15) is 17.2 Å². The van der Waals surface area contributed by atoms with Gasteiger partial charge in [-0.05, 0) is 42.8 Å². The zero-order valence-electron chi connectivity index (χ0n) is 20.2. The van der Waals surface area contributed by atoms with Gasteiger partial charge in [-0.25, -0.2) is 8.42 Å². The van der Waals surface area contributed by atoms with Crippen LogP contribution in [0.2, 0.25) is 0 Å². The van der Waals surface area contributed by atoms with Crippen LogP contribution in [0.25, 0.3) is 6.08 Å². The fourth-order valence-corrected chi connectivity index (χ4v) is 4.86. The lowest BCUT2D eigenvalue weighted by molar-refractivity contribution is 0.374. The molecule has 0 unspecified atom stereocenters. The fraction of sp³-hybridized carbons (Fsp3) is 0.231. The minimum atomic E-state index is -3.63. The maximum Gasteiger partial charge on any atom is 0.179 e. The molecule has 7 nitrogen and oxygen atoms in total. The highest BCUT2D eigenvalue weighted by Crippen LogP contribution is 2.36. The first-order valence-corrected chi connectivity index (χ1v) is 13.0. The van der Waals surface area contributed by atoms with Crippen molar-refractivity contribution >= 4 is 28.0 Å². The molecular formula is C26H28O7S2. The first-order valence-electron chi connectivity index (χ1n) is 10.6. The molecule has 0 radical (unpaired) electrons. The van der Waals surface area contributed by atoms with Crippen molar-refractivity contribution in [3.63, 3.8) is 0 Å². The number of aryl methyl sites for hydroxylation is 1. The number of benzene rings is 3. The Labute approximate surface area is 210 Å². The van der Waals surface area contributed by atoms with Gasteiger partial charge in [-0.2, -0.15) is 0 Å². The SMILES string of the molecule is COc1cc(OC)c(/C=C/S(=O)(=O)Cc2ccc(OC)c(OSc3ccc(C)cc3)c2)c(OC)c1. The van der Waals surface area contributed by atoms with Crippen molar-refractivity contribution in [2.75, 3.05) is 28.4 Å². The van der Waals surface area contributed by atoms with Gasteiger partial charge in [-0.15, -0.1) is 0 Å². The van der Waals surface area contributed by atoms with Crippen LogP contribution >= 0.6 is 12.0 Å². The molecule has 0 spiro atoms. The van der Waals surface area contributed by atoms with E-state index in [1.165, 1.54) is 46.6 Å². The Bertz CT molecular complexity index is 1260. The van der Waals surface area contributed by atoms with Gasteiger partial charge in [0.2, 0.25) is 0 Å². The van der Waals surface area contributed by atoms with E-state index in [-0.39, 0.29) is 5.75 Å². The highest BCUT2D eigenvalue weighted by Gasteiger charge is 2.15. The summed E-state index contributed by atoms with van der Waals surface area (Å²) in [5.74, 6) is 2.12. The summed E-state index contributed by atoms with van der Waals surface area (Å²) < 4.78 is 53.0. The zero-order valence-corrected chi connectivity index (χ0v) is 21.9. The Morgan fingerprint density at radius 2 is 1.40 bits per heavy atom. The summed E-state index contributed by atoms with van der Waals surface area (Å²) >= 11 is 1.18. The van der Waals surface area contributed by atoms with Gasteiger partial charge >= 0.3 is 0 Å². The molecule has 3 aromatic rings. The Kier molecular flexibility index (Phi) is 8.95. The van der Waals surface area contributed by atoms with E-state index in [1.807, 2.05) is 31.2 Å². The summed E-state index contributed by atoms with van der Waals surface area (Å²) in [6.45, 7) is 2.01. The molecule has 0 atom stereocenters. The smallest absolute Gasteiger partial charge is 0.179 e. The fourth-order valence-electron chi connectivity index (χ4n) is 3.21. The van der Waals surface area contributed by atoms with E-state index in [4.69, 9.17) is 23.1 Å². The molecule has 3 rings (SSSR count). The van der Waals surface area contributed by atoms with Crippen LogP contribution in [0.5, 0.6) is 28.7 Å². The second-order valence-corrected chi connectivity index (χ2v) is 10.2. The molecule has 0 saturated heterocycles. The van der Waals surface area contributed by atoms with Gasteiger partial charge < -0.3 is 23.1 Å². The van der Waals surface area contributed by atoms with Crippen LogP contribution in [0.1, 0.15) is 16.7 Å². The lowest BCUT2D eigenvalue weighted by atomic mass is 10.1. The zero-order chi connectivity index (χ0) is 25.4. The first kappa shape index (κ1) is 26.3. The average Bonchev–Trinajstić information content (AvgIpc) is 2.86. The Morgan fingerprint density at radius 3 is 1.97 bits per heavy atom. The maximum atomic E-state index is 12.9. The van der Waals surface area contributed by atoms with E-state index in [9.17, 15) is 8.42 Å². The van der Waals surface area contributed by atoms with E-state index in [0.717, 1.165) is 15.9 Å². The third-order valence-electron chi connectivity index (χ3n) is 5.04. The monoisotopic (exact) mass is 516 g/mol. The largest absolute Gasteiger partial charge is 0.496 e. The van der Waals surface area contributed by atoms with Gasteiger partial charge in [0.25, 0.3) is 0 Å². The van der Waals surface area contributed by atoms with Crippen molar-refractivity contribution in [3.05, 3.63) is 76.7 Å². The van der Waals surface area contributed by atoms with Gasteiger partial charge in [0.15, 0.2) is 21.3 Å². The highest BCUT2D eigenvalue weighted by molar-refractivity contribution is 7.95. The van der Waals surface area contributed by atoms with Crippen LogP contribution in [0.4, 0.5) is 0 Å². The van der Waals surface area contributed by atoms with E-state index in [2.05, 4.69) is 0 Å². The van der Waals surface area contributed by atoms with Gasteiger partial charge in [-0.1, -0.05) is 23.8 Å². The molecule has 0 N–H and O–H groups in total. The molecule has 0 aliphatic carbocycles. The predicted octanol–water partition coefficient (Wildman–Crippen LogP) is 5.70. The van der Waals surface area contributed by atoms with Crippen LogP contribution in [0.3, 0.4) is 0 Å². The van der Waals surface area contributed by atoms with E-state index in [0.29, 0.717) is 39.9 Å². The number of ether oxygens (including phenoxy) is 4. The summed E-state index contributed by atoms with van der Waals surface area (Å²) in [5, 5.41) is 1.14. The molecule has 9 heteroatoms. The standard InChI is InChI=1S/C26H28O7S2/c1-18-6-9-21(10-7-18)34-33-26-14-19(8-11-23(26)30-3)17-35(27,28)13-12-22-24(31-4)15-20(29-2)16-25(22)32-5/h6-16H,17H2,1-5H3/b13-12+. The second-order valence-electron chi connectivity index (χ2n) is 7.52. The topological polar surface area (TPSA) is 80.3 Å². The second kappa shape index (κ2) is 11.9. The number of hydrogen-bond donors (Lipinski definition) is 0. The Balaban J connectivity index is 1.81. The molecule has 0 heterocycles. The summed E-state index contributed by atoms with van der Waals surface area (Å²) in [7, 11) is 2.42. The summed E-state index contributed by atoms with van der Waals surface area (Å²) in [6, 6.07) is 16.3. The van der Waals surface area contributed by atoms with E-state index >= 15 is 0 Å². The molecule has 0 saturated carbocycles. The van der Waals surface area contributed by atoms with Crippen molar-refractivity contribution in [3.8, 4) is 28.7 Å². The third kappa shape index (κ3) is 7.10. The van der Waals surface area contributed by atoms with Gasteiger partial charge in [0.05, 0.1) is 51.8 Å². The maximum absolute atomic E-state index is 12.9. The van der Waals surface area contributed by atoms with Crippen molar-refractivity contribution in [1.82, 2.24) is 0 Å². The van der Waals surface area contributed by atoms with Crippen molar-refractivity contribution < 1.29 is 31.5 Å². The molecule has 186 valence electrons. The van der Waals surface area contributed by atoms with Gasteiger partial charge in [0, 0.05) is 22.4 Å². The van der Waals surface area contributed by atoms with Gasteiger partial charge in [-0.3, -0.25) is 0 Å². The number of sulfone groups is 1. The van der Waals surface area contributed by atoms with Crippen LogP contribution in [-0.2, 0) is 15.6 Å². The molecule has 0 bridgehead atoms. The molecule has 35 heavy (non-hydrogen) atoms. The normalized spacial score (nSPS) is 11.3. The molecule has 3 aromatic carbocycles. The third-order valence-corrected chi connectivity index (χ3v) is 7.05. The van der Waals surface area contributed by atoms with Crippen molar-refractivity contribution in [2.45, 2.75) is 17.6 Å². The van der Waals surface area contributed by atoms with E-state index < -0.39 is 9.84 Å². The predicted molar refractivity (Wildman–Crippen MR) is 138 cm³/mol. The number of rotatable bonds is 11. The Hall–Kier alpha value is -3.30. The van der Waals surface area contributed by atoms with Crippen molar-refractivity contribution in [2.24, 2.45) is 0 Å². The summed E-state index contributed by atoms with van der Waals surface area (Å²) in [4.78, 5) is 0.918. The minimum Gasteiger partial charge on any atom is -0.496 e. The number of hydrogen-bond acceptors (Lipinski definition) is 8.